The van der Waals surface area contributed by atoms with Crippen LogP contribution in [0.5, 0.6) is 0 Å². The lowest BCUT2D eigenvalue weighted by molar-refractivity contribution is -0.116. The number of halogens is 1. The van der Waals surface area contributed by atoms with E-state index in [1.165, 1.54) is 25.9 Å². The molecule has 34 heavy (non-hydrogen) atoms. The van der Waals surface area contributed by atoms with Crippen LogP contribution in [-0.4, -0.2) is 63.0 Å². The second kappa shape index (κ2) is 10.2. The van der Waals surface area contributed by atoms with Gasteiger partial charge in [0.1, 0.15) is 5.52 Å². The van der Waals surface area contributed by atoms with E-state index >= 15 is 0 Å². The number of amides is 1. The van der Waals surface area contributed by atoms with Crippen LogP contribution in [0.15, 0.2) is 30.5 Å². The minimum absolute atomic E-state index is 0.111. The van der Waals surface area contributed by atoms with E-state index in [0.29, 0.717) is 40.9 Å². The average Bonchev–Trinajstić information content (AvgIpc) is 3.39. The number of likely N-dealkylation sites (tertiary alicyclic amines) is 1. The molecule has 1 N–H and O–H groups in total. The first-order valence-electron chi connectivity index (χ1n) is 12.1. The van der Waals surface area contributed by atoms with Crippen molar-refractivity contribution in [3.05, 3.63) is 46.7 Å². The fraction of sp³-hybridized carbons (Fsp3) is 0.480. The molecule has 4 heterocycles. The molecule has 2 aromatic heterocycles. The van der Waals surface area contributed by atoms with Gasteiger partial charge in [-0.25, -0.2) is 15.0 Å². The summed E-state index contributed by atoms with van der Waals surface area (Å²) in [7, 11) is 0. The predicted molar refractivity (Wildman–Crippen MR) is 134 cm³/mol. The first-order chi connectivity index (χ1) is 16.5. The highest BCUT2D eigenvalue weighted by atomic mass is 35.5. The first kappa shape index (κ1) is 22.9. The number of anilines is 2. The number of fused-ring (bicyclic) bond motifs is 1. The fourth-order valence-electron chi connectivity index (χ4n) is 4.88. The van der Waals surface area contributed by atoms with Crippen LogP contribution in [0, 0.1) is 6.92 Å². The molecule has 0 saturated carbocycles. The SMILES string of the molecule is Cc1nc(N2CCC(N3CCCC3)CC2)nc2ncc(NC(=O)CCc3ccc(Cl)cc3)nc12. The molecule has 1 amide bonds. The van der Waals surface area contributed by atoms with Crippen LogP contribution in [0.1, 0.15) is 43.4 Å². The van der Waals surface area contributed by atoms with Gasteiger partial charge in [-0.1, -0.05) is 23.7 Å². The maximum Gasteiger partial charge on any atom is 0.227 e. The Balaban J connectivity index is 1.21. The maximum absolute atomic E-state index is 12.4. The topological polar surface area (TPSA) is 87.1 Å². The number of carbonyl (C=O) groups excluding carboxylic acids is 1. The van der Waals surface area contributed by atoms with Gasteiger partial charge < -0.3 is 15.1 Å². The van der Waals surface area contributed by atoms with E-state index in [0.717, 1.165) is 43.1 Å². The van der Waals surface area contributed by atoms with E-state index in [4.69, 9.17) is 16.6 Å². The van der Waals surface area contributed by atoms with Crippen molar-refractivity contribution in [1.82, 2.24) is 24.8 Å². The normalized spacial score (nSPS) is 17.4. The summed E-state index contributed by atoms with van der Waals surface area (Å²) in [6.45, 7) is 6.32. The van der Waals surface area contributed by atoms with Crippen molar-refractivity contribution in [2.24, 2.45) is 0 Å². The van der Waals surface area contributed by atoms with E-state index in [1.807, 2.05) is 31.2 Å². The van der Waals surface area contributed by atoms with E-state index in [1.54, 1.807) is 6.20 Å². The zero-order valence-electron chi connectivity index (χ0n) is 19.5. The van der Waals surface area contributed by atoms with Crippen LogP contribution < -0.4 is 10.2 Å². The van der Waals surface area contributed by atoms with Gasteiger partial charge in [0.2, 0.25) is 11.9 Å². The predicted octanol–water partition coefficient (Wildman–Crippen LogP) is 4.02. The molecule has 8 nitrogen and oxygen atoms in total. The molecule has 0 radical (unpaired) electrons. The molecule has 178 valence electrons. The van der Waals surface area contributed by atoms with Gasteiger partial charge in [-0.05, 0) is 69.8 Å². The lowest BCUT2D eigenvalue weighted by atomic mass is 10.0. The summed E-state index contributed by atoms with van der Waals surface area (Å²) in [4.78, 5) is 35.8. The molecule has 2 saturated heterocycles. The highest BCUT2D eigenvalue weighted by Crippen LogP contribution is 2.25. The van der Waals surface area contributed by atoms with E-state index in [2.05, 4.69) is 30.1 Å². The molecule has 2 fully saturated rings. The highest BCUT2D eigenvalue weighted by molar-refractivity contribution is 6.30. The number of nitrogens with zero attached hydrogens (tertiary/aromatic N) is 6. The molecule has 0 atom stereocenters. The Bertz CT molecular complexity index is 1160. The number of carbonyl (C=O) groups is 1. The second-order valence-electron chi connectivity index (χ2n) is 9.17. The third kappa shape index (κ3) is 5.28. The Morgan fingerprint density at radius 1 is 1.06 bits per heavy atom. The molecule has 5 rings (SSSR count). The van der Waals surface area contributed by atoms with Gasteiger partial charge in [-0.3, -0.25) is 4.79 Å². The lowest BCUT2D eigenvalue weighted by Crippen LogP contribution is -2.44. The highest BCUT2D eigenvalue weighted by Gasteiger charge is 2.27. The molecule has 0 bridgehead atoms. The zero-order chi connectivity index (χ0) is 23.5. The average molecular weight is 480 g/mol. The monoisotopic (exact) mass is 479 g/mol. The Labute approximate surface area is 204 Å². The number of piperidine rings is 1. The third-order valence-electron chi connectivity index (χ3n) is 6.80. The van der Waals surface area contributed by atoms with Crippen molar-refractivity contribution < 1.29 is 4.79 Å². The summed E-state index contributed by atoms with van der Waals surface area (Å²) in [6.07, 6.45) is 7.50. The molecule has 0 aliphatic carbocycles. The summed E-state index contributed by atoms with van der Waals surface area (Å²) in [5, 5.41) is 3.53. The first-order valence-corrected chi connectivity index (χ1v) is 12.5. The number of hydrogen-bond acceptors (Lipinski definition) is 7. The number of benzene rings is 1. The number of rotatable bonds is 6. The Morgan fingerprint density at radius 3 is 2.53 bits per heavy atom. The minimum Gasteiger partial charge on any atom is -0.341 e. The van der Waals surface area contributed by atoms with Crippen molar-refractivity contribution in [2.75, 3.05) is 36.4 Å². The molecule has 0 spiro atoms. The van der Waals surface area contributed by atoms with E-state index < -0.39 is 0 Å². The van der Waals surface area contributed by atoms with Crippen LogP contribution in [0.2, 0.25) is 5.02 Å². The molecule has 2 aliphatic heterocycles. The van der Waals surface area contributed by atoms with Gasteiger partial charge in [0.25, 0.3) is 0 Å². The van der Waals surface area contributed by atoms with Gasteiger partial charge in [0.15, 0.2) is 11.5 Å². The molecule has 2 aliphatic rings. The van der Waals surface area contributed by atoms with Crippen LogP contribution in [0.25, 0.3) is 11.2 Å². The van der Waals surface area contributed by atoms with Crippen molar-refractivity contribution >= 4 is 40.4 Å². The summed E-state index contributed by atoms with van der Waals surface area (Å²) in [5.41, 5.74) is 3.01. The molecule has 1 aromatic carbocycles. The summed E-state index contributed by atoms with van der Waals surface area (Å²) in [5.74, 6) is 1.03. The van der Waals surface area contributed by atoms with Crippen molar-refractivity contribution in [2.45, 2.75) is 51.5 Å². The van der Waals surface area contributed by atoms with Gasteiger partial charge >= 0.3 is 0 Å². The number of aryl methyl sites for hydroxylation is 2. The zero-order valence-corrected chi connectivity index (χ0v) is 20.3. The molecular weight excluding hydrogens is 450 g/mol. The van der Waals surface area contributed by atoms with Gasteiger partial charge in [0.05, 0.1) is 11.9 Å². The second-order valence-corrected chi connectivity index (χ2v) is 9.61. The van der Waals surface area contributed by atoms with Crippen LogP contribution in [-0.2, 0) is 11.2 Å². The van der Waals surface area contributed by atoms with Crippen LogP contribution in [0.3, 0.4) is 0 Å². The molecule has 9 heteroatoms. The Hall–Kier alpha value is -2.84. The molecule has 0 unspecified atom stereocenters. The van der Waals surface area contributed by atoms with Gasteiger partial charge in [0, 0.05) is 30.6 Å². The minimum atomic E-state index is -0.111. The Morgan fingerprint density at radius 2 is 1.79 bits per heavy atom. The fourth-order valence-corrected chi connectivity index (χ4v) is 5.01. The number of aromatic nitrogens is 4. The van der Waals surface area contributed by atoms with Crippen LogP contribution in [0.4, 0.5) is 11.8 Å². The van der Waals surface area contributed by atoms with Crippen molar-refractivity contribution in [1.29, 1.82) is 0 Å². The largest absolute Gasteiger partial charge is 0.341 e. The summed E-state index contributed by atoms with van der Waals surface area (Å²) >= 11 is 5.92. The van der Waals surface area contributed by atoms with E-state index in [9.17, 15) is 4.79 Å². The quantitative estimate of drug-likeness (QED) is 0.571. The van der Waals surface area contributed by atoms with Crippen molar-refractivity contribution in [3.8, 4) is 0 Å². The Kier molecular flexibility index (Phi) is 6.87. The number of nitrogens with one attached hydrogen (secondary N) is 1. The summed E-state index contributed by atoms with van der Waals surface area (Å²) < 4.78 is 0. The molecule has 3 aromatic rings. The lowest BCUT2D eigenvalue weighted by Gasteiger charge is -2.36. The standard InChI is InChI=1S/C25H30ClN7O/c1-17-23-24(31-25(28-17)33-14-10-20(11-15-33)32-12-2-3-13-32)27-16-21(30-23)29-22(34)9-6-18-4-7-19(26)8-5-18/h4-5,7-8,16,20H,2-3,6,9-15H2,1H3,(H,29,30,34). The third-order valence-corrected chi connectivity index (χ3v) is 7.05. The van der Waals surface area contributed by atoms with Gasteiger partial charge in [-0.15, -0.1) is 0 Å². The smallest absolute Gasteiger partial charge is 0.227 e. The van der Waals surface area contributed by atoms with Crippen molar-refractivity contribution in [3.63, 3.8) is 0 Å². The van der Waals surface area contributed by atoms with E-state index in [-0.39, 0.29) is 5.91 Å². The molecular formula is C25H30ClN7O. The number of hydrogen-bond donors (Lipinski definition) is 1. The van der Waals surface area contributed by atoms with Gasteiger partial charge in [-0.2, -0.15) is 4.98 Å². The maximum atomic E-state index is 12.4. The van der Waals surface area contributed by atoms with Crippen LogP contribution >= 0.6 is 11.6 Å². The summed E-state index contributed by atoms with van der Waals surface area (Å²) in [6, 6.07) is 8.20.